The smallest absolute Gasteiger partial charge is 0.260 e. The minimum atomic E-state index is -0.0167. The molecule has 2 aromatic carbocycles. The van der Waals surface area contributed by atoms with Gasteiger partial charge in [-0.15, -0.1) is 0 Å². The van der Waals surface area contributed by atoms with Crippen LogP contribution in [0.5, 0.6) is 5.75 Å². The van der Waals surface area contributed by atoms with Crippen molar-refractivity contribution in [1.82, 2.24) is 15.1 Å². The van der Waals surface area contributed by atoms with Crippen LogP contribution in [0.25, 0.3) is 21.9 Å². The number of amides is 1. The molecule has 1 heterocycles. The van der Waals surface area contributed by atoms with Crippen molar-refractivity contribution < 1.29 is 9.53 Å². The Labute approximate surface area is 147 Å². The Balaban J connectivity index is 1.99. The van der Waals surface area contributed by atoms with E-state index in [9.17, 15) is 4.79 Å². The second-order valence-corrected chi connectivity index (χ2v) is 5.65. The maximum atomic E-state index is 12.3. The van der Waals surface area contributed by atoms with Crippen LogP contribution >= 0.6 is 0 Å². The Kier molecular flexibility index (Phi) is 5.23. The van der Waals surface area contributed by atoms with E-state index in [4.69, 9.17) is 4.74 Å². The number of fused-ring (bicyclic) bond motifs is 1. The van der Waals surface area contributed by atoms with E-state index in [2.05, 4.69) is 16.3 Å². The van der Waals surface area contributed by atoms with E-state index in [1.165, 1.54) is 0 Å². The number of likely N-dealkylation sites (N-methyl/N-ethyl adjacent to an activating group) is 1. The molecule has 0 aliphatic carbocycles. The van der Waals surface area contributed by atoms with Crippen molar-refractivity contribution in [2.24, 2.45) is 0 Å². The fraction of sp³-hybridized carbons (Fsp3) is 0.250. The first-order chi connectivity index (χ1) is 12.2. The van der Waals surface area contributed by atoms with Crippen LogP contribution in [0.2, 0.25) is 0 Å². The van der Waals surface area contributed by atoms with E-state index in [0.29, 0.717) is 18.8 Å². The molecule has 3 aromatic rings. The number of carbonyl (C=O) groups excluding carboxylic acids is 1. The summed E-state index contributed by atoms with van der Waals surface area (Å²) >= 11 is 0. The van der Waals surface area contributed by atoms with Crippen LogP contribution in [0.1, 0.15) is 13.8 Å². The Morgan fingerprint density at radius 3 is 2.56 bits per heavy atom. The second kappa shape index (κ2) is 7.75. The van der Waals surface area contributed by atoms with Crippen LogP contribution < -0.4 is 4.74 Å². The van der Waals surface area contributed by atoms with Gasteiger partial charge in [-0.3, -0.25) is 4.79 Å². The fourth-order valence-electron chi connectivity index (χ4n) is 2.92. The molecule has 0 fully saturated rings. The summed E-state index contributed by atoms with van der Waals surface area (Å²) in [6.45, 7) is 5.30. The molecule has 5 nitrogen and oxygen atoms in total. The molecule has 0 atom stereocenters. The van der Waals surface area contributed by atoms with Gasteiger partial charge in [-0.05, 0) is 36.8 Å². The SMILES string of the molecule is CCN(CC)C(=O)COc1ccc2ccccc2c1-c1ccnnc1. The Morgan fingerprint density at radius 1 is 1.04 bits per heavy atom. The molecule has 0 saturated carbocycles. The lowest BCUT2D eigenvalue weighted by Crippen LogP contribution is -2.34. The van der Waals surface area contributed by atoms with Crippen LogP contribution in [0.4, 0.5) is 0 Å². The number of aromatic nitrogens is 2. The summed E-state index contributed by atoms with van der Waals surface area (Å²) in [7, 11) is 0. The molecule has 0 bridgehead atoms. The summed E-state index contributed by atoms with van der Waals surface area (Å²) in [5.74, 6) is 0.657. The first kappa shape index (κ1) is 16.9. The number of rotatable bonds is 6. The summed E-state index contributed by atoms with van der Waals surface area (Å²) in [5.41, 5.74) is 1.84. The summed E-state index contributed by atoms with van der Waals surface area (Å²) in [6.07, 6.45) is 3.36. The first-order valence-electron chi connectivity index (χ1n) is 8.44. The molecule has 0 aliphatic rings. The van der Waals surface area contributed by atoms with Crippen molar-refractivity contribution in [2.45, 2.75) is 13.8 Å². The molecule has 128 valence electrons. The third kappa shape index (κ3) is 3.60. The summed E-state index contributed by atoms with van der Waals surface area (Å²) in [4.78, 5) is 14.0. The number of ether oxygens (including phenoxy) is 1. The highest BCUT2D eigenvalue weighted by atomic mass is 16.5. The van der Waals surface area contributed by atoms with Gasteiger partial charge < -0.3 is 9.64 Å². The Bertz CT molecular complexity index is 861. The highest BCUT2D eigenvalue weighted by Crippen LogP contribution is 2.36. The molecule has 5 heteroatoms. The molecule has 0 N–H and O–H groups in total. The predicted molar refractivity (Wildman–Crippen MR) is 98.4 cm³/mol. The highest BCUT2D eigenvalue weighted by molar-refractivity contribution is 5.99. The van der Waals surface area contributed by atoms with Crippen LogP contribution in [-0.4, -0.2) is 40.7 Å². The van der Waals surface area contributed by atoms with Gasteiger partial charge in [0.15, 0.2) is 6.61 Å². The maximum absolute atomic E-state index is 12.3. The fourth-order valence-corrected chi connectivity index (χ4v) is 2.92. The lowest BCUT2D eigenvalue weighted by atomic mass is 9.98. The second-order valence-electron chi connectivity index (χ2n) is 5.65. The molecule has 3 rings (SSSR count). The molecule has 1 amide bonds. The summed E-state index contributed by atoms with van der Waals surface area (Å²) < 4.78 is 5.91. The normalized spacial score (nSPS) is 10.6. The zero-order valence-electron chi connectivity index (χ0n) is 14.5. The van der Waals surface area contributed by atoms with E-state index in [-0.39, 0.29) is 12.5 Å². The van der Waals surface area contributed by atoms with E-state index in [0.717, 1.165) is 21.9 Å². The number of benzene rings is 2. The van der Waals surface area contributed by atoms with Crippen molar-refractivity contribution >= 4 is 16.7 Å². The van der Waals surface area contributed by atoms with E-state index in [1.54, 1.807) is 17.3 Å². The van der Waals surface area contributed by atoms with Gasteiger partial charge in [0, 0.05) is 24.2 Å². The minimum absolute atomic E-state index is 0.0167. The first-order valence-corrected chi connectivity index (χ1v) is 8.44. The van der Waals surface area contributed by atoms with Gasteiger partial charge in [0.1, 0.15) is 5.75 Å². The quantitative estimate of drug-likeness (QED) is 0.691. The highest BCUT2D eigenvalue weighted by Gasteiger charge is 2.15. The summed E-state index contributed by atoms with van der Waals surface area (Å²) in [5, 5.41) is 9.99. The average molecular weight is 335 g/mol. The van der Waals surface area contributed by atoms with Gasteiger partial charge in [-0.1, -0.05) is 30.3 Å². The average Bonchev–Trinajstić information content (AvgIpc) is 2.67. The minimum Gasteiger partial charge on any atom is -0.483 e. The number of hydrogen-bond acceptors (Lipinski definition) is 4. The van der Waals surface area contributed by atoms with Crippen LogP contribution in [-0.2, 0) is 4.79 Å². The zero-order valence-corrected chi connectivity index (χ0v) is 14.5. The number of nitrogens with zero attached hydrogens (tertiary/aromatic N) is 3. The maximum Gasteiger partial charge on any atom is 0.260 e. The molecule has 0 spiro atoms. The van der Waals surface area contributed by atoms with Gasteiger partial charge in [0.25, 0.3) is 5.91 Å². The van der Waals surface area contributed by atoms with Crippen molar-refractivity contribution in [3.63, 3.8) is 0 Å². The molecular weight excluding hydrogens is 314 g/mol. The largest absolute Gasteiger partial charge is 0.483 e. The summed E-state index contributed by atoms with van der Waals surface area (Å²) in [6, 6.07) is 13.9. The van der Waals surface area contributed by atoms with Gasteiger partial charge in [0.05, 0.1) is 12.4 Å². The molecule has 0 saturated heterocycles. The van der Waals surface area contributed by atoms with E-state index in [1.807, 2.05) is 50.2 Å². The van der Waals surface area contributed by atoms with Gasteiger partial charge in [-0.25, -0.2) is 0 Å². The standard InChI is InChI=1S/C20H21N3O2/c1-3-23(4-2)19(24)14-25-18-10-9-15-7-5-6-8-17(15)20(18)16-11-12-21-22-13-16/h5-13H,3-4,14H2,1-2H3. The number of hydrogen-bond donors (Lipinski definition) is 0. The van der Waals surface area contributed by atoms with Gasteiger partial charge >= 0.3 is 0 Å². The topological polar surface area (TPSA) is 55.3 Å². The van der Waals surface area contributed by atoms with Crippen molar-refractivity contribution in [3.8, 4) is 16.9 Å². The molecule has 0 unspecified atom stereocenters. The Morgan fingerprint density at radius 2 is 1.84 bits per heavy atom. The van der Waals surface area contributed by atoms with Crippen molar-refractivity contribution in [3.05, 3.63) is 54.9 Å². The van der Waals surface area contributed by atoms with Crippen LogP contribution in [0, 0.1) is 0 Å². The lowest BCUT2D eigenvalue weighted by molar-refractivity contribution is -0.132. The number of carbonyl (C=O) groups is 1. The molecule has 0 radical (unpaired) electrons. The van der Waals surface area contributed by atoms with Crippen LogP contribution in [0.3, 0.4) is 0 Å². The van der Waals surface area contributed by atoms with Crippen molar-refractivity contribution in [1.29, 1.82) is 0 Å². The third-order valence-corrected chi connectivity index (χ3v) is 4.23. The zero-order chi connectivity index (χ0) is 17.6. The van der Waals surface area contributed by atoms with E-state index >= 15 is 0 Å². The van der Waals surface area contributed by atoms with Gasteiger partial charge in [0.2, 0.25) is 0 Å². The molecule has 25 heavy (non-hydrogen) atoms. The van der Waals surface area contributed by atoms with Gasteiger partial charge in [-0.2, -0.15) is 10.2 Å². The predicted octanol–water partition coefficient (Wildman–Crippen LogP) is 3.54. The molecule has 0 aliphatic heterocycles. The molecule has 1 aromatic heterocycles. The monoisotopic (exact) mass is 335 g/mol. The van der Waals surface area contributed by atoms with Crippen molar-refractivity contribution in [2.75, 3.05) is 19.7 Å². The Hall–Kier alpha value is -2.95. The third-order valence-electron chi connectivity index (χ3n) is 4.23. The van der Waals surface area contributed by atoms with Crippen LogP contribution in [0.15, 0.2) is 54.9 Å². The lowest BCUT2D eigenvalue weighted by Gasteiger charge is -2.20. The molecular formula is C20H21N3O2. The van der Waals surface area contributed by atoms with E-state index < -0.39 is 0 Å².